The van der Waals surface area contributed by atoms with E-state index in [1.807, 2.05) is 13.8 Å². The Morgan fingerprint density at radius 1 is 1.38 bits per heavy atom. The first-order chi connectivity index (χ1) is 7.47. The Balaban J connectivity index is 3.21. The summed E-state index contributed by atoms with van der Waals surface area (Å²) in [4.78, 5) is 11.5. The first-order valence-corrected chi connectivity index (χ1v) is 5.14. The molecule has 1 aromatic carbocycles. The monoisotopic (exact) mass is 227 g/mol. The third kappa shape index (κ3) is 2.64. The molecule has 0 spiro atoms. The van der Waals surface area contributed by atoms with Crippen LogP contribution in [0, 0.1) is 11.6 Å². The van der Waals surface area contributed by atoms with Crippen LogP contribution in [0.4, 0.5) is 8.78 Å². The Labute approximate surface area is 93.7 Å². The number of likely N-dealkylation sites (N-methyl/N-ethyl adjacent to an activating group) is 1. The van der Waals surface area contributed by atoms with Crippen molar-refractivity contribution in [3.63, 3.8) is 0 Å². The summed E-state index contributed by atoms with van der Waals surface area (Å²) >= 11 is 0. The van der Waals surface area contributed by atoms with Crippen molar-refractivity contribution in [1.82, 2.24) is 5.32 Å². The molecule has 0 aliphatic heterocycles. The van der Waals surface area contributed by atoms with Crippen LogP contribution < -0.4 is 5.32 Å². The second kappa shape index (κ2) is 5.16. The van der Waals surface area contributed by atoms with E-state index in [4.69, 9.17) is 0 Å². The molecular weight excluding hydrogens is 212 g/mol. The highest BCUT2D eigenvalue weighted by atomic mass is 19.2. The van der Waals surface area contributed by atoms with Crippen molar-refractivity contribution in [3.8, 4) is 0 Å². The van der Waals surface area contributed by atoms with Crippen molar-refractivity contribution in [2.75, 3.05) is 13.6 Å². The van der Waals surface area contributed by atoms with Gasteiger partial charge < -0.3 is 5.32 Å². The molecule has 1 rings (SSSR count). The number of ketones is 1. The fraction of sp³-hybridized carbons (Fsp3) is 0.417. The van der Waals surface area contributed by atoms with E-state index < -0.39 is 17.4 Å². The largest absolute Gasteiger partial charge is 0.313 e. The van der Waals surface area contributed by atoms with Gasteiger partial charge in [-0.25, -0.2) is 8.78 Å². The van der Waals surface area contributed by atoms with Gasteiger partial charge in [0.1, 0.15) is 0 Å². The number of carbonyl (C=O) groups excluding carboxylic acids is 1. The van der Waals surface area contributed by atoms with Gasteiger partial charge in [-0.1, -0.05) is 13.8 Å². The number of Topliss-reactive ketones (excluding diaryl/α,β-unsaturated/α-hetero) is 1. The van der Waals surface area contributed by atoms with Gasteiger partial charge in [0.2, 0.25) is 0 Å². The van der Waals surface area contributed by atoms with E-state index in [1.165, 1.54) is 6.07 Å². The lowest BCUT2D eigenvalue weighted by molar-refractivity contribution is 0.0988. The Morgan fingerprint density at radius 3 is 2.50 bits per heavy atom. The zero-order chi connectivity index (χ0) is 12.3. The first-order valence-electron chi connectivity index (χ1n) is 5.14. The zero-order valence-electron chi connectivity index (χ0n) is 9.60. The van der Waals surface area contributed by atoms with E-state index in [0.717, 1.165) is 6.07 Å². The summed E-state index contributed by atoms with van der Waals surface area (Å²) < 4.78 is 26.6. The molecule has 0 aromatic heterocycles. The van der Waals surface area contributed by atoms with Crippen LogP contribution in [-0.2, 0) is 0 Å². The van der Waals surface area contributed by atoms with Crippen LogP contribution in [0.3, 0.4) is 0 Å². The molecule has 0 radical (unpaired) electrons. The van der Waals surface area contributed by atoms with Crippen molar-refractivity contribution in [3.05, 3.63) is 34.9 Å². The summed E-state index contributed by atoms with van der Waals surface area (Å²) in [6.07, 6.45) is 0. The minimum absolute atomic E-state index is 0.00207. The summed E-state index contributed by atoms with van der Waals surface area (Å²) in [5.74, 6) is -2.42. The average Bonchev–Trinajstić information content (AvgIpc) is 2.21. The van der Waals surface area contributed by atoms with Crippen LogP contribution in [0.15, 0.2) is 12.1 Å². The van der Waals surface area contributed by atoms with Gasteiger partial charge in [0, 0.05) is 0 Å². The Kier molecular flexibility index (Phi) is 4.12. The second-order valence-electron chi connectivity index (χ2n) is 3.97. The molecule has 4 heteroatoms. The molecule has 2 nitrogen and oxygen atoms in total. The maximum Gasteiger partial charge on any atom is 0.179 e. The van der Waals surface area contributed by atoms with Gasteiger partial charge in [0.15, 0.2) is 17.4 Å². The van der Waals surface area contributed by atoms with Crippen molar-refractivity contribution in [1.29, 1.82) is 0 Å². The molecule has 0 bridgehead atoms. The first kappa shape index (κ1) is 12.8. The fourth-order valence-corrected chi connectivity index (χ4v) is 1.40. The molecule has 16 heavy (non-hydrogen) atoms. The lowest BCUT2D eigenvalue weighted by Gasteiger charge is -2.09. The lowest BCUT2D eigenvalue weighted by Crippen LogP contribution is -2.20. The summed E-state index contributed by atoms with van der Waals surface area (Å²) in [6.45, 7) is 3.72. The molecule has 0 saturated carbocycles. The second-order valence-corrected chi connectivity index (χ2v) is 3.97. The van der Waals surface area contributed by atoms with Crippen molar-refractivity contribution in [2.45, 2.75) is 19.8 Å². The zero-order valence-corrected chi connectivity index (χ0v) is 9.60. The lowest BCUT2D eigenvalue weighted by atomic mass is 9.98. The summed E-state index contributed by atoms with van der Waals surface area (Å²) in [7, 11) is 1.58. The molecule has 0 aliphatic rings. The SMILES string of the molecule is CNCC(=O)c1cc(C(C)C)cc(F)c1F. The molecular formula is C12H15F2NO. The van der Waals surface area contributed by atoms with Gasteiger partial charge in [0.05, 0.1) is 12.1 Å². The van der Waals surface area contributed by atoms with Crippen molar-refractivity contribution < 1.29 is 13.6 Å². The quantitative estimate of drug-likeness (QED) is 0.801. The Bertz CT molecular complexity index is 402. The van der Waals surface area contributed by atoms with Gasteiger partial charge >= 0.3 is 0 Å². The molecule has 0 heterocycles. The number of nitrogens with one attached hydrogen (secondary N) is 1. The minimum atomic E-state index is -1.07. The minimum Gasteiger partial charge on any atom is -0.313 e. The van der Waals surface area contributed by atoms with Crippen LogP contribution in [0.1, 0.15) is 35.7 Å². The molecule has 88 valence electrons. The predicted octanol–water partition coefficient (Wildman–Crippen LogP) is 2.49. The van der Waals surface area contributed by atoms with Gasteiger partial charge in [-0.2, -0.15) is 0 Å². The molecule has 0 amide bonds. The van der Waals surface area contributed by atoms with Crippen molar-refractivity contribution in [2.24, 2.45) is 0 Å². The molecule has 0 atom stereocenters. The van der Waals surface area contributed by atoms with Crippen LogP contribution in [0.5, 0.6) is 0 Å². The normalized spacial score (nSPS) is 10.9. The molecule has 0 aliphatic carbocycles. The van der Waals surface area contributed by atoms with Crippen molar-refractivity contribution >= 4 is 5.78 Å². The highest BCUT2D eigenvalue weighted by Crippen LogP contribution is 2.21. The summed E-state index contributed by atoms with van der Waals surface area (Å²) in [6, 6.07) is 2.55. The number of rotatable bonds is 4. The van der Waals surface area contributed by atoms with Crippen LogP contribution >= 0.6 is 0 Å². The summed E-state index contributed by atoms with van der Waals surface area (Å²) in [5, 5.41) is 2.62. The van der Waals surface area contributed by atoms with E-state index in [2.05, 4.69) is 5.32 Å². The fourth-order valence-electron chi connectivity index (χ4n) is 1.40. The smallest absolute Gasteiger partial charge is 0.179 e. The van der Waals surface area contributed by atoms with E-state index in [0.29, 0.717) is 5.56 Å². The molecule has 0 unspecified atom stereocenters. The third-order valence-corrected chi connectivity index (χ3v) is 2.35. The van der Waals surface area contributed by atoms with E-state index in [1.54, 1.807) is 7.05 Å². The summed E-state index contributed by atoms with van der Waals surface area (Å²) in [5.41, 5.74) is 0.441. The van der Waals surface area contributed by atoms with Crippen LogP contribution in [-0.4, -0.2) is 19.4 Å². The maximum atomic E-state index is 13.4. The van der Waals surface area contributed by atoms with Gasteiger partial charge in [-0.15, -0.1) is 0 Å². The topological polar surface area (TPSA) is 29.1 Å². The van der Waals surface area contributed by atoms with E-state index in [9.17, 15) is 13.6 Å². The Hall–Kier alpha value is -1.29. The molecule has 0 fully saturated rings. The van der Waals surface area contributed by atoms with Gasteiger partial charge in [-0.3, -0.25) is 4.79 Å². The Morgan fingerprint density at radius 2 is 2.00 bits per heavy atom. The number of hydrogen-bond acceptors (Lipinski definition) is 2. The van der Waals surface area contributed by atoms with E-state index >= 15 is 0 Å². The molecule has 1 aromatic rings. The highest BCUT2D eigenvalue weighted by Gasteiger charge is 2.17. The van der Waals surface area contributed by atoms with Crippen LogP contribution in [0.25, 0.3) is 0 Å². The molecule has 0 saturated heterocycles. The number of benzene rings is 1. The van der Waals surface area contributed by atoms with Gasteiger partial charge in [0.25, 0.3) is 0 Å². The third-order valence-electron chi connectivity index (χ3n) is 2.35. The maximum absolute atomic E-state index is 13.4. The molecule has 1 N–H and O–H groups in total. The standard InChI is InChI=1S/C12H15F2NO/c1-7(2)8-4-9(11(16)6-15-3)12(14)10(13)5-8/h4-5,7,15H,6H2,1-3H3. The van der Waals surface area contributed by atoms with Crippen LogP contribution in [0.2, 0.25) is 0 Å². The van der Waals surface area contributed by atoms with Gasteiger partial charge in [-0.05, 0) is 30.7 Å². The van der Waals surface area contributed by atoms with E-state index in [-0.39, 0.29) is 18.0 Å². The highest BCUT2D eigenvalue weighted by molar-refractivity contribution is 5.98. The average molecular weight is 227 g/mol. The number of hydrogen-bond donors (Lipinski definition) is 1. The number of carbonyl (C=O) groups is 1. The number of halogens is 2. The predicted molar refractivity (Wildman–Crippen MR) is 58.7 cm³/mol.